The fourth-order valence-electron chi connectivity index (χ4n) is 3.92. The van der Waals surface area contributed by atoms with E-state index in [0.717, 1.165) is 34.1 Å². The number of anilines is 1. The smallest absolute Gasteiger partial charge is 0.221 e. The number of nitrogens with one attached hydrogen (secondary N) is 1. The third kappa shape index (κ3) is 4.27. The molecule has 0 saturated heterocycles. The molecule has 0 aliphatic carbocycles. The van der Waals surface area contributed by atoms with E-state index < -0.39 is 0 Å². The molecule has 2 N–H and O–H groups in total. The van der Waals surface area contributed by atoms with Crippen LogP contribution in [0.2, 0.25) is 0 Å². The van der Waals surface area contributed by atoms with Gasteiger partial charge in [0.05, 0.1) is 12.1 Å². The molecular formula is C26H26N4OS. The van der Waals surface area contributed by atoms with Gasteiger partial charge in [-0.1, -0.05) is 67.6 Å². The molecule has 0 radical (unpaired) electrons. The zero-order valence-electron chi connectivity index (χ0n) is 18.5. The van der Waals surface area contributed by atoms with Gasteiger partial charge < -0.3 is 15.0 Å². The van der Waals surface area contributed by atoms with Crippen molar-refractivity contribution in [1.82, 2.24) is 4.57 Å². The van der Waals surface area contributed by atoms with Crippen molar-refractivity contribution in [3.05, 3.63) is 89.0 Å². The Morgan fingerprint density at radius 3 is 2.41 bits per heavy atom. The maximum Gasteiger partial charge on any atom is 0.221 e. The van der Waals surface area contributed by atoms with Gasteiger partial charge in [-0.05, 0) is 60.8 Å². The molecule has 4 rings (SSSR count). The van der Waals surface area contributed by atoms with E-state index in [2.05, 4.69) is 47.6 Å². The van der Waals surface area contributed by atoms with Crippen molar-refractivity contribution in [2.24, 2.45) is 10.2 Å². The molecule has 5 nitrogen and oxygen atoms in total. The van der Waals surface area contributed by atoms with Crippen molar-refractivity contribution in [3.63, 3.8) is 0 Å². The summed E-state index contributed by atoms with van der Waals surface area (Å²) in [6.45, 7) is 6.75. The summed E-state index contributed by atoms with van der Waals surface area (Å²) < 4.78 is 1.86. The fourth-order valence-corrected chi connectivity index (χ4v) is 4.06. The second-order valence-corrected chi connectivity index (χ2v) is 8.18. The van der Waals surface area contributed by atoms with Crippen LogP contribution in [0.15, 0.2) is 77.0 Å². The third-order valence-electron chi connectivity index (χ3n) is 5.72. The van der Waals surface area contributed by atoms with Crippen LogP contribution in [0.1, 0.15) is 29.2 Å². The minimum Gasteiger partial charge on any atom is -0.493 e. The van der Waals surface area contributed by atoms with Gasteiger partial charge in [0.1, 0.15) is 0 Å². The Morgan fingerprint density at radius 1 is 0.938 bits per heavy atom. The van der Waals surface area contributed by atoms with Crippen LogP contribution in [-0.4, -0.2) is 14.8 Å². The summed E-state index contributed by atoms with van der Waals surface area (Å²) in [6, 6.07) is 22.1. The summed E-state index contributed by atoms with van der Waals surface area (Å²) >= 11 is 5.44. The number of fused-ring (bicyclic) bond motifs is 1. The maximum absolute atomic E-state index is 11.0. The van der Waals surface area contributed by atoms with E-state index in [1.54, 1.807) is 0 Å². The lowest BCUT2D eigenvalue weighted by atomic mass is 10.1. The summed E-state index contributed by atoms with van der Waals surface area (Å²) in [6.07, 6.45) is 0.886. The van der Waals surface area contributed by atoms with Crippen molar-refractivity contribution in [2.75, 3.05) is 5.32 Å². The zero-order chi connectivity index (χ0) is 22.7. The van der Waals surface area contributed by atoms with E-state index in [1.165, 1.54) is 11.1 Å². The summed E-state index contributed by atoms with van der Waals surface area (Å²) in [5, 5.41) is 23.9. The van der Waals surface area contributed by atoms with Gasteiger partial charge in [0.25, 0.3) is 0 Å². The molecule has 4 aromatic rings. The van der Waals surface area contributed by atoms with E-state index in [0.29, 0.717) is 12.2 Å². The Labute approximate surface area is 193 Å². The maximum atomic E-state index is 11.0. The standard InChI is InChI=1S/C26H26N4OS/c1-4-19-13-9-11-18(3)23(19)27-26(32)29-28-24-21-14-7-8-15-22(21)30(25(24)31)16-20-12-6-5-10-17(20)2/h5-15,31H,4,16H2,1-3H3,(H,27,32). The molecule has 0 atom stereocenters. The lowest BCUT2D eigenvalue weighted by Crippen LogP contribution is -2.08. The predicted octanol–water partition coefficient (Wildman–Crippen LogP) is 7.06. The van der Waals surface area contributed by atoms with Gasteiger partial charge in [0.15, 0.2) is 5.69 Å². The van der Waals surface area contributed by atoms with Gasteiger partial charge in [-0.25, -0.2) is 0 Å². The Balaban J connectivity index is 1.67. The van der Waals surface area contributed by atoms with Crippen molar-refractivity contribution in [2.45, 2.75) is 33.7 Å². The number of hydrogen-bond donors (Lipinski definition) is 2. The first-order valence-electron chi connectivity index (χ1n) is 10.7. The number of nitrogens with zero attached hydrogens (tertiary/aromatic N) is 3. The summed E-state index contributed by atoms with van der Waals surface area (Å²) in [4.78, 5) is 0. The first-order valence-corrected chi connectivity index (χ1v) is 11.1. The molecule has 0 bridgehead atoms. The van der Waals surface area contributed by atoms with Gasteiger partial charge in [-0.2, -0.15) is 0 Å². The Hall–Kier alpha value is -3.51. The second kappa shape index (κ2) is 9.32. The molecule has 32 heavy (non-hydrogen) atoms. The summed E-state index contributed by atoms with van der Waals surface area (Å²) in [5.41, 5.74) is 6.84. The van der Waals surface area contributed by atoms with Crippen LogP contribution < -0.4 is 5.32 Å². The lowest BCUT2D eigenvalue weighted by Gasteiger charge is -2.12. The average molecular weight is 443 g/mol. The summed E-state index contributed by atoms with van der Waals surface area (Å²) in [5.74, 6) is 0.0751. The molecule has 0 spiro atoms. The minimum atomic E-state index is 0.0751. The summed E-state index contributed by atoms with van der Waals surface area (Å²) in [7, 11) is 0. The number of hydrogen-bond acceptors (Lipinski definition) is 3. The number of aryl methyl sites for hydroxylation is 3. The van der Waals surface area contributed by atoms with Crippen LogP contribution in [0.4, 0.5) is 11.4 Å². The number of para-hydroxylation sites is 2. The van der Waals surface area contributed by atoms with Gasteiger partial charge in [-0.15, -0.1) is 10.2 Å². The predicted molar refractivity (Wildman–Crippen MR) is 135 cm³/mol. The highest BCUT2D eigenvalue weighted by Gasteiger charge is 2.17. The van der Waals surface area contributed by atoms with E-state index in [9.17, 15) is 5.11 Å². The van der Waals surface area contributed by atoms with Crippen LogP contribution in [-0.2, 0) is 13.0 Å². The van der Waals surface area contributed by atoms with Crippen molar-refractivity contribution in [3.8, 4) is 5.88 Å². The van der Waals surface area contributed by atoms with E-state index in [4.69, 9.17) is 12.2 Å². The molecule has 0 unspecified atom stereocenters. The quantitative estimate of drug-likeness (QED) is 0.257. The topological polar surface area (TPSA) is 61.9 Å². The van der Waals surface area contributed by atoms with Crippen molar-refractivity contribution >= 4 is 39.6 Å². The van der Waals surface area contributed by atoms with Crippen LogP contribution in [0.25, 0.3) is 10.9 Å². The largest absolute Gasteiger partial charge is 0.493 e. The highest BCUT2D eigenvalue weighted by Crippen LogP contribution is 2.39. The molecule has 3 aromatic carbocycles. The van der Waals surface area contributed by atoms with E-state index >= 15 is 0 Å². The Morgan fingerprint density at radius 2 is 1.62 bits per heavy atom. The molecule has 0 aliphatic heterocycles. The first-order chi connectivity index (χ1) is 15.5. The second-order valence-electron chi connectivity index (χ2n) is 7.79. The molecule has 0 amide bonds. The minimum absolute atomic E-state index is 0.0751. The van der Waals surface area contributed by atoms with Gasteiger partial charge in [0, 0.05) is 11.1 Å². The lowest BCUT2D eigenvalue weighted by molar-refractivity contribution is 0.429. The van der Waals surface area contributed by atoms with Crippen LogP contribution in [0.5, 0.6) is 5.88 Å². The van der Waals surface area contributed by atoms with Crippen LogP contribution in [0.3, 0.4) is 0 Å². The highest BCUT2D eigenvalue weighted by molar-refractivity contribution is 7.80. The number of rotatable bonds is 5. The zero-order valence-corrected chi connectivity index (χ0v) is 19.3. The van der Waals surface area contributed by atoms with Crippen molar-refractivity contribution < 1.29 is 5.11 Å². The molecule has 162 valence electrons. The monoisotopic (exact) mass is 442 g/mol. The highest BCUT2D eigenvalue weighted by atomic mass is 32.1. The molecule has 0 saturated carbocycles. The van der Waals surface area contributed by atoms with E-state index in [1.807, 2.05) is 60.0 Å². The molecular weight excluding hydrogens is 416 g/mol. The van der Waals surface area contributed by atoms with Gasteiger partial charge >= 0.3 is 0 Å². The average Bonchev–Trinajstić information content (AvgIpc) is 3.06. The van der Waals surface area contributed by atoms with E-state index in [-0.39, 0.29) is 11.0 Å². The first kappa shape index (κ1) is 21.7. The normalized spacial score (nSPS) is 11.3. The van der Waals surface area contributed by atoms with Gasteiger partial charge in [0.2, 0.25) is 11.0 Å². The molecule has 1 heterocycles. The van der Waals surface area contributed by atoms with Gasteiger partial charge in [-0.3, -0.25) is 0 Å². The number of azo groups is 1. The molecule has 0 fully saturated rings. The number of benzene rings is 3. The van der Waals surface area contributed by atoms with Crippen LogP contribution >= 0.6 is 12.2 Å². The Bertz CT molecular complexity index is 1320. The van der Waals surface area contributed by atoms with Crippen molar-refractivity contribution in [1.29, 1.82) is 0 Å². The Kier molecular flexibility index (Phi) is 6.32. The number of thiocarbonyl (C=S) groups is 1. The SMILES string of the molecule is CCc1cccc(C)c1NC(=S)N=Nc1c(O)n(Cc2ccccc2C)c2ccccc12. The fraction of sp³-hybridized carbons (Fsp3) is 0.192. The van der Waals surface area contributed by atoms with Crippen LogP contribution in [0, 0.1) is 13.8 Å². The molecule has 0 aliphatic rings. The number of aromatic hydroxyl groups is 1. The third-order valence-corrected chi connectivity index (χ3v) is 5.90. The molecule has 1 aromatic heterocycles. The molecule has 6 heteroatoms. The number of aromatic nitrogens is 1.